The smallest absolute Gasteiger partial charge is 0.0611 e. The van der Waals surface area contributed by atoms with E-state index in [1.807, 2.05) is 12.4 Å². The standard InChI is InChI=1S/C8H10N2/c1-6-4-7-2-3-9-8(7)5-10-6/h2-6,9-10H,1H3. The molecule has 0 fully saturated rings. The fraction of sp³-hybridized carbons (Fsp3) is 0.250. The summed E-state index contributed by atoms with van der Waals surface area (Å²) >= 11 is 0. The van der Waals surface area contributed by atoms with Gasteiger partial charge in [-0.05, 0) is 18.2 Å². The van der Waals surface area contributed by atoms with E-state index in [-0.39, 0.29) is 0 Å². The van der Waals surface area contributed by atoms with Crippen LogP contribution in [0.25, 0.3) is 12.3 Å². The monoisotopic (exact) mass is 134 g/mol. The molecule has 2 nitrogen and oxygen atoms in total. The number of aromatic amines is 1. The van der Waals surface area contributed by atoms with Gasteiger partial charge in [0.15, 0.2) is 0 Å². The van der Waals surface area contributed by atoms with Gasteiger partial charge in [0.05, 0.1) is 5.35 Å². The number of H-pyrrole nitrogens is 1. The molecule has 1 unspecified atom stereocenters. The van der Waals surface area contributed by atoms with Crippen molar-refractivity contribution in [1.29, 1.82) is 0 Å². The van der Waals surface area contributed by atoms with Gasteiger partial charge in [0.25, 0.3) is 0 Å². The highest BCUT2D eigenvalue weighted by atomic mass is 14.9. The minimum atomic E-state index is 0.461. The summed E-state index contributed by atoms with van der Waals surface area (Å²) in [6.07, 6.45) is 6.17. The number of aromatic nitrogens is 1. The fourth-order valence-corrected chi connectivity index (χ4v) is 1.20. The summed E-state index contributed by atoms with van der Waals surface area (Å²) < 4.78 is 0. The fourth-order valence-electron chi connectivity index (χ4n) is 1.20. The summed E-state index contributed by atoms with van der Waals surface area (Å²) in [5.74, 6) is 0. The second-order valence-electron chi connectivity index (χ2n) is 2.61. The van der Waals surface area contributed by atoms with Crippen molar-refractivity contribution in [3.05, 3.63) is 22.8 Å². The second-order valence-corrected chi connectivity index (χ2v) is 2.61. The van der Waals surface area contributed by atoms with Gasteiger partial charge in [-0.15, -0.1) is 0 Å². The summed E-state index contributed by atoms with van der Waals surface area (Å²) in [6, 6.07) is 2.55. The molecule has 0 spiro atoms. The van der Waals surface area contributed by atoms with Crippen LogP contribution in [-0.4, -0.2) is 11.0 Å². The van der Waals surface area contributed by atoms with E-state index in [4.69, 9.17) is 0 Å². The van der Waals surface area contributed by atoms with E-state index in [1.54, 1.807) is 0 Å². The van der Waals surface area contributed by atoms with Crippen molar-refractivity contribution >= 4 is 12.3 Å². The molecule has 2 heterocycles. The Balaban J connectivity index is 2.73. The molecule has 2 rings (SSSR count). The predicted octanol–water partition coefficient (Wildman–Crippen LogP) is -0.475. The summed E-state index contributed by atoms with van der Waals surface area (Å²) in [6.45, 7) is 2.13. The molecule has 0 saturated heterocycles. The minimum absolute atomic E-state index is 0.461. The van der Waals surface area contributed by atoms with Crippen LogP contribution < -0.4 is 15.9 Å². The summed E-state index contributed by atoms with van der Waals surface area (Å²) in [5, 5.41) is 5.69. The van der Waals surface area contributed by atoms with Crippen molar-refractivity contribution in [2.45, 2.75) is 13.0 Å². The molecule has 0 radical (unpaired) electrons. The van der Waals surface area contributed by atoms with Crippen molar-refractivity contribution in [2.24, 2.45) is 0 Å². The maximum atomic E-state index is 3.21. The van der Waals surface area contributed by atoms with Gasteiger partial charge in [-0.1, -0.05) is 6.08 Å². The van der Waals surface area contributed by atoms with Gasteiger partial charge in [0, 0.05) is 18.4 Å². The van der Waals surface area contributed by atoms with Crippen molar-refractivity contribution in [1.82, 2.24) is 10.3 Å². The molecule has 52 valence electrons. The Kier molecular flexibility index (Phi) is 1.07. The summed E-state index contributed by atoms with van der Waals surface area (Å²) in [4.78, 5) is 3.13. The lowest BCUT2D eigenvalue weighted by Crippen LogP contribution is -2.35. The van der Waals surface area contributed by atoms with Crippen LogP contribution in [0.5, 0.6) is 0 Å². The molecule has 10 heavy (non-hydrogen) atoms. The van der Waals surface area contributed by atoms with Crippen LogP contribution in [0.1, 0.15) is 6.92 Å². The number of hydrogen-bond acceptors (Lipinski definition) is 1. The minimum Gasteiger partial charge on any atom is -0.383 e. The Hall–Kier alpha value is -1.18. The summed E-state index contributed by atoms with van der Waals surface area (Å²) in [5.41, 5.74) is 0. The number of rotatable bonds is 0. The Labute approximate surface area is 59.3 Å². The molecular formula is C8H10N2. The largest absolute Gasteiger partial charge is 0.383 e. The van der Waals surface area contributed by atoms with Gasteiger partial charge in [0.2, 0.25) is 0 Å². The molecule has 0 bridgehead atoms. The first-order valence-corrected chi connectivity index (χ1v) is 3.48. The van der Waals surface area contributed by atoms with Crippen molar-refractivity contribution in [3.8, 4) is 0 Å². The molecule has 1 atom stereocenters. The molecule has 1 aliphatic heterocycles. The Morgan fingerprint density at radius 2 is 2.40 bits per heavy atom. The van der Waals surface area contributed by atoms with Crippen LogP contribution in [0, 0.1) is 0 Å². The lowest BCUT2D eigenvalue weighted by Gasteiger charge is -2.07. The van der Waals surface area contributed by atoms with Crippen LogP contribution in [0.4, 0.5) is 0 Å². The van der Waals surface area contributed by atoms with Crippen LogP contribution in [0.15, 0.2) is 12.3 Å². The van der Waals surface area contributed by atoms with E-state index < -0.39 is 0 Å². The van der Waals surface area contributed by atoms with E-state index in [9.17, 15) is 0 Å². The third-order valence-corrected chi connectivity index (χ3v) is 1.73. The van der Waals surface area contributed by atoms with E-state index in [0.29, 0.717) is 6.04 Å². The predicted molar refractivity (Wildman–Crippen MR) is 41.6 cm³/mol. The maximum Gasteiger partial charge on any atom is 0.0611 e. The maximum absolute atomic E-state index is 3.21. The third kappa shape index (κ3) is 0.727. The van der Waals surface area contributed by atoms with Crippen molar-refractivity contribution in [3.63, 3.8) is 0 Å². The average Bonchev–Trinajstić information content (AvgIpc) is 2.33. The number of nitrogens with one attached hydrogen (secondary N) is 2. The molecule has 1 aromatic heterocycles. The van der Waals surface area contributed by atoms with E-state index in [2.05, 4.69) is 29.4 Å². The molecular weight excluding hydrogens is 124 g/mol. The zero-order valence-electron chi connectivity index (χ0n) is 5.89. The van der Waals surface area contributed by atoms with Crippen molar-refractivity contribution in [2.75, 3.05) is 0 Å². The molecule has 2 N–H and O–H groups in total. The van der Waals surface area contributed by atoms with Crippen LogP contribution in [0.3, 0.4) is 0 Å². The van der Waals surface area contributed by atoms with Gasteiger partial charge in [-0.3, -0.25) is 0 Å². The van der Waals surface area contributed by atoms with Crippen LogP contribution >= 0.6 is 0 Å². The normalized spacial score (nSPS) is 21.9. The van der Waals surface area contributed by atoms with E-state index in [0.717, 1.165) is 0 Å². The van der Waals surface area contributed by atoms with Crippen LogP contribution in [0.2, 0.25) is 0 Å². The highest BCUT2D eigenvalue weighted by molar-refractivity contribution is 5.38. The quantitative estimate of drug-likeness (QED) is 0.493. The van der Waals surface area contributed by atoms with Gasteiger partial charge in [-0.25, -0.2) is 0 Å². The Bertz CT molecular complexity index is 334. The SMILES string of the molecule is CC1C=c2cc[nH]c2=CN1. The second kappa shape index (κ2) is 1.90. The first-order valence-electron chi connectivity index (χ1n) is 3.48. The Morgan fingerprint density at radius 3 is 3.30 bits per heavy atom. The number of hydrogen-bond donors (Lipinski definition) is 2. The molecule has 0 amide bonds. The van der Waals surface area contributed by atoms with Crippen molar-refractivity contribution < 1.29 is 0 Å². The molecule has 2 heteroatoms. The number of fused-ring (bicyclic) bond motifs is 1. The first kappa shape index (κ1) is 5.59. The summed E-state index contributed by atoms with van der Waals surface area (Å²) in [7, 11) is 0. The van der Waals surface area contributed by atoms with Gasteiger partial charge < -0.3 is 10.3 Å². The highest BCUT2D eigenvalue weighted by Crippen LogP contribution is 1.84. The molecule has 1 aromatic rings. The third-order valence-electron chi connectivity index (χ3n) is 1.73. The lowest BCUT2D eigenvalue weighted by atomic mass is 10.2. The first-order chi connectivity index (χ1) is 4.86. The highest BCUT2D eigenvalue weighted by Gasteiger charge is 1.98. The molecule has 0 saturated carbocycles. The van der Waals surface area contributed by atoms with Gasteiger partial charge >= 0.3 is 0 Å². The van der Waals surface area contributed by atoms with Gasteiger partial charge in [0.1, 0.15) is 0 Å². The topological polar surface area (TPSA) is 27.8 Å². The average molecular weight is 134 g/mol. The van der Waals surface area contributed by atoms with Crippen LogP contribution in [-0.2, 0) is 0 Å². The Morgan fingerprint density at radius 1 is 1.50 bits per heavy atom. The van der Waals surface area contributed by atoms with E-state index in [1.165, 1.54) is 10.6 Å². The lowest BCUT2D eigenvalue weighted by molar-refractivity contribution is 0.825. The molecule has 0 aromatic carbocycles. The zero-order chi connectivity index (χ0) is 6.97. The zero-order valence-corrected chi connectivity index (χ0v) is 5.89. The molecule has 0 aliphatic carbocycles. The van der Waals surface area contributed by atoms with E-state index >= 15 is 0 Å². The molecule has 1 aliphatic rings. The van der Waals surface area contributed by atoms with Gasteiger partial charge in [-0.2, -0.15) is 0 Å².